The molecule has 170 valence electrons. The molecule has 4 heterocycles. The fraction of sp³-hybridized carbons (Fsp3) is 0.346. The maximum absolute atomic E-state index is 13.5. The van der Waals surface area contributed by atoms with Crippen LogP contribution in [0.5, 0.6) is 5.75 Å². The fourth-order valence-electron chi connectivity index (χ4n) is 4.38. The van der Waals surface area contributed by atoms with Crippen LogP contribution in [0.1, 0.15) is 44.9 Å². The van der Waals surface area contributed by atoms with Crippen LogP contribution in [-0.4, -0.2) is 44.8 Å². The van der Waals surface area contributed by atoms with E-state index >= 15 is 0 Å². The van der Waals surface area contributed by atoms with Crippen molar-refractivity contribution in [3.05, 3.63) is 75.2 Å². The Morgan fingerprint density at radius 2 is 1.97 bits per heavy atom. The number of amides is 1. The molecule has 0 unspecified atom stereocenters. The Bertz CT molecular complexity index is 1290. The van der Waals surface area contributed by atoms with Gasteiger partial charge in [-0.25, -0.2) is 9.67 Å². The minimum absolute atomic E-state index is 0.0476. The third-order valence-electron chi connectivity index (χ3n) is 6.22. The van der Waals surface area contributed by atoms with E-state index in [0.29, 0.717) is 25.2 Å². The van der Waals surface area contributed by atoms with Crippen molar-refractivity contribution in [2.75, 3.05) is 13.1 Å². The number of pyridine rings is 1. The van der Waals surface area contributed by atoms with E-state index in [9.17, 15) is 4.79 Å². The number of rotatable bonds is 5. The number of hydrogen-bond donors (Lipinski definition) is 0. The first kappa shape index (κ1) is 21.6. The number of aromatic nitrogens is 3. The first-order chi connectivity index (χ1) is 16.0. The number of nitrogens with zero attached hydrogens (tertiary/aromatic N) is 4. The SMILES string of the molecule is Cc1ccc(C)c(OC2CCN(C(=O)c3cc(C)nc4c3cnn4Cc3cccs3)CC2)c1. The number of ether oxygens (including phenoxy) is 1. The lowest BCUT2D eigenvalue weighted by atomic mass is 10.0. The van der Waals surface area contributed by atoms with Crippen molar-refractivity contribution in [2.45, 2.75) is 46.3 Å². The van der Waals surface area contributed by atoms with Crippen molar-refractivity contribution in [2.24, 2.45) is 0 Å². The van der Waals surface area contributed by atoms with Gasteiger partial charge in [-0.05, 0) is 55.5 Å². The molecule has 1 aliphatic rings. The van der Waals surface area contributed by atoms with E-state index in [2.05, 4.69) is 48.6 Å². The Morgan fingerprint density at radius 3 is 2.73 bits per heavy atom. The molecule has 1 saturated heterocycles. The number of aryl methyl sites for hydroxylation is 3. The van der Waals surface area contributed by atoms with Gasteiger partial charge in [0.1, 0.15) is 11.9 Å². The normalized spacial score (nSPS) is 14.7. The molecule has 1 amide bonds. The molecule has 0 bridgehead atoms. The molecule has 1 aromatic carbocycles. The van der Waals surface area contributed by atoms with Crippen LogP contribution >= 0.6 is 11.3 Å². The third kappa shape index (κ3) is 4.50. The van der Waals surface area contributed by atoms with Crippen molar-refractivity contribution in [3.8, 4) is 5.75 Å². The van der Waals surface area contributed by atoms with Crippen molar-refractivity contribution < 1.29 is 9.53 Å². The average Bonchev–Trinajstić information content (AvgIpc) is 3.46. The molecular weight excluding hydrogens is 432 g/mol. The van der Waals surface area contributed by atoms with Crippen LogP contribution in [-0.2, 0) is 6.54 Å². The van der Waals surface area contributed by atoms with E-state index in [1.54, 1.807) is 17.5 Å². The smallest absolute Gasteiger partial charge is 0.254 e. The summed E-state index contributed by atoms with van der Waals surface area (Å²) in [6.07, 6.45) is 3.55. The van der Waals surface area contributed by atoms with Crippen LogP contribution in [0.4, 0.5) is 0 Å². The Hall–Kier alpha value is -3.19. The average molecular weight is 461 g/mol. The molecule has 0 saturated carbocycles. The summed E-state index contributed by atoms with van der Waals surface area (Å²) in [5.74, 6) is 0.996. The zero-order valence-corrected chi connectivity index (χ0v) is 20.1. The molecule has 1 aliphatic heterocycles. The summed E-state index contributed by atoms with van der Waals surface area (Å²) in [5, 5.41) is 7.42. The molecule has 0 atom stereocenters. The summed E-state index contributed by atoms with van der Waals surface area (Å²) < 4.78 is 8.17. The summed E-state index contributed by atoms with van der Waals surface area (Å²) in [5.41, 5.74) is 4.61. The van der Waals surface area contributed by atoms with Gasteiger partial charge in [-0.1, -0.05) is 18.2 Å². The monoisotopic (exact) mass is 460 g/mol. The molecule has 3 aromatic heterocycles. The van der Waals surface area contributed by atoms with Crippen molar-refractivity contribution in [1.29, 1.82) is 0 Å². The Labute approximate surface area is 197 Å². The molecule has 4 aromatic rings. The summed E-state index contributed by atoms with van der Waals surface area (Å²) in [7, 11) is 0. The number of likely N-dealkylation sites (tertiary alicyclic amines) is 1. The van der Waals surface area contributed by atoms with Gasteiger partial charge >= 0.3 is 0 Å². The van der Waals surface area contributed by atoms with Crippen LogP contribution < -0.4 is 4.74 Å². The number of piperidine rings is 1. The van der Waals surface area contributed by atoms with E-state index in [-0.39, 0.29) is 12.0 Å². The number of benzene rings is 1. The molecule has 0 N–H and O–H groups in total. The predicted octanol–water partition coefficient (Wildman–Crippen LogP) is 5.15. The van der Waals surface area contributed by atoms with Gasteiger partial charge in [-0.2, -0.15) is 5.10 Å². The van der Waals surface area contributed by atoms with Gasteiger partial charge in [0.05, 0.1) is 23.7 Å². The second-order valence-corrected chi connectivity index (χ2v) is 9.84. The minimum Gasteiger partial charge on any atom is -0.490 e. The Morgan fingerprint density at radius 1 is 1.15 bits per heavy atom. The maximum atomic E-state index is 13.5. The van der Waals surface area contributed by atoms with Gasteiger partial charge in [0.25, 0.3) is 5.91 Å². The lowest BCUT2D eigenvalue weighted by Gasteiger charge is -2.32. The minimum atomic E-state index is 0.0476. The van der Waals surface area contributed by atoms with Crippen molar-refractivity contribution >= 4 is 28.3 Å². The molecule has 5 rings (SSSR count). The summed E-state index contributed by atoms with van der Waals surface area (Å²) in [4.78, 5) is 21.3. The van der Waals surface area contributed by atoms with Gasteiger partial charge in [-0.15, -0.1) is 11.3 Å². The predicted molar refractivity (Wildman–Crippen MR) is 131 cm³/mol. The highest BCUT2D eigenvalue weighted by molar-refractivity contribution is 7.09. The van der Waals surface area contributed by atoms with Crippen LogP contribution in [0.15, 0.2) is 48.0 Å². The van der Waals surface area contributed by atoms with E-state index in [0.717, 1.165) is 40.9 Å². The zero-order chi connectivity index (χ0) is 22.9. The van der Waals surface area contributed by atoms with E-state index in [4.69, 9.17) is 9.72 Å². The van der Waals surface area contributed by atoms with Gasteiger partial charge in [-0.3, -0.25) is 4.79 Å². The van der Waals surface area contributed by atoms with E-state index < -0.39 is 0 Å². The first-order valence-corrected chi connectivity index (χ1v) is 12.2. The lowest BCUT2D eigenvalue weighted by molar-refractivity contribution is 0.0596. The highest BCUT2D eigenvalue weighted by Crippen LogP contribution is 2.26. The molecular formula is C26H28N4O2S. The fourth-order valence-corrected chi connectivity index (χ4v) is 5.06. The molecule has 6 nitrogen and oxygen atoms in total. The number of hydrogen-bond acceptors (Lipinski definition) is 5. The highest BCUT2D eigenvalue weighted by Gasteiger charge is 2.27. The van der Waals surface area contributed by atoms with Gasteiger partial charge < -0.3 is 9.64 Å². The maximum Gasteiger partial charge on any atom is 0.254 e. The molecule has 7 heteroatoms. The molecule has 0 spiro atoms. The number of carbonyl (C=O) groups is 1. The van der Waals surface area contributed by atoms with Gasteiger partial charge in [0, 0.05) is 36.5 Å². The molecule has 0 radical (unpaired) electrons. The number of thiophene rings is 1. The highest BCUT2D eigenvalue weighted by atomic mass is 32.1. The van der Waals surface area contributed by atoms with Crippen LogP contribution in [0, 0.1) is 20.8 Å². The molecule has 1 fully saturated rings. The number of fused-ring (bicyclic) bond motifs is 1. The molecule has 0 aliphatic carbocycles. The summed E-state index contributed by atoms with van der Waals surface area (Å²) in [6, 6.07) is 12.3. The summed E-state index contributed by atoms with van der Waals surface area (Å²) in [6.45, 7) is 8.10. The van der Waals surface area contributed by atoms with Gasteiger partial charge in [0.2, 0.25) is 0 Å². The Kier molecular flexibility index (Phi) is 5.89. The zero-order valence-electron chi connectivity index (χ0n) is 19.2. The van der Waals surface area contributed by atoms with Crippen molar-refractivity contribution in [1.82, 2.24) is 19.7 Å². The molecule has 33 heavy (non-hydrogen) atoms. The van der Waals surface area contributed by atoms with Crippen LogP contribution in [0.25, 0.3) is 11.0 Å². The second-order valence-electron chi connectivity index (χ2n) is 8.81. The topological polar surface area (TPSA) is 60.2 Å². The van der Waals surface area contributed by atoms with Crippen molar-refractivity contribution in [3.63, 3.8) is 0 Å². The van der Waals surface area contributed by atoms with Gasteiger partial charge in [0.15, 0.2) is 5.65 Å². The van der Waals surface area contributed by atoms with E-state index in [1.807, 2.05) is 28.6 Å². The standard InChI is InChI=1S/C26H28N4O2S/c1-17-6-7-18(2)24(13-17)32-20-8-10-29(11-9-20)26(31)22-14-19(3)28-25-23(22)15-27-30(25)16-21-5-4-12-33-21/h4-7,12-15,20H,8-11,16H2,1-3H3. The van der Waals surface area contributed by atoms with Crippen LogP contribution in [0.2, 0.25) is 0 Å². The Balaban J connectivity index is 1.31. The third-order valence-corrected chi connectivity index (χ3v) is 7.08. The van der Waals surface area contributed by atoms with E-state index in [1.165, 1.54) is 10.4 Å². The second kappa shape index (κ2) is 8.98. The largest absolute Gasteiger partial charge is 0.490 e. The lowest BCUT2D eigenvalue weighted by Crippen LogP contribution is -2.42. The summed E-state index contributed by atoms with van der Waals surface area (Å²) >= 11 is 1.69. The van der Waals surface area contributed by atoms with Crippen LogP contribution in [0.3, 0.4) is 0 Å². The first-order valence-electron chi connectivity index (χ1n) is 11.4. The quantitative estimate of drug-likeness (QED) is 0.413. The number of carbonyl (C=O) groups excluding carboxylic acids is 1.